The van der Waals surface area contributed by atoms with Gasteiger partial charge in [-0.2, -0.15) is 4.39 Å². The molecule has 8 nitrogen and oxygen atoms in total. The maximum absolute atomic E-state index is 13.4. The summed E-state index contributed by atoms with van der Waals surface area (Å²) in [6.07, 6.45) is -1.25. The fourth-order valence-electron chi connectivity index (χ4n) is 2.32. The zero-order valence-electron chi connectivity index (χ0n) is 15.0. The van der Waals surface area contributed by atoms with Crippen LogP contribution in [0.15, 0.2) is 41.1 Å². The van der Waals surface area contributed by atoms with Crippen LogP contribution >= 0.6 is 22.7 Å². The third-order valence-electron chi connectivity index (χ3n) is 3.70. The number of nitro benzene ring substituents is 1. The van der Waals surface area contributed by atoms with Crippen molar-refractivity contribution < 1.29 is 23.6 Å². The second kappa shape index (κ2) is 8.88. The minimum absolute atomic E-state index is 0.0195. The zero-order chi connectivity index (χ0) is 21.0. The largest absolute Gasteiger partial charge is 0.452 e. The second-order valence-electron chi connectivity index (χ2n) is 5.84. The Morgan fingerprint density at radius 2 is 2.14 bits per heavy atom. The molecule has 1 unspecified atom stereocenters. The fraction of sp³-hybridized carbons (Fsp3) is 0.167. The van der Waals surface area contributed by atoms with E-state index in [1.807, 2.05) is 17.5 Å². The van der Waals surface area contributed by atoms with E-state index in [0.717, 1.165) is 22.0 Å². The number of halogens is 1. The van der Waals surface area contributed by atoms with E-state index in [9.17, 15) is 24.1 Å². The molecular weight excluding hydrogens is 421 g/mol. The Morgan fingerprint density at radius 1 is 1.34 bits per heavy atom. The Morgan fingerprint density at radius 3 is 2.83 bits per heavy atom. The number of nitrogens with zero attached hydrogens (tertiary/aromatic N) is 2. The van der Waals surface area contributed by atoms with Gasteiger partial charge in [0.05, 0.1) is 21.9 Å². The summed E-state index contributed by atoms with van der Waals surface area (Å²) in [5.41, 5.74) is -0.214. The minimum Gasteiger partial charge on any atom is -0.452 e. The molecule has 0 saturated carbocycles. The van der Waals surface area contributed by atoms with Gasteiger partial charge in [0, 0.05) is 17.1 Å². The summed E-state index contributed by atoms with van der Waals surface area (Å²) in [6.45, 7) is 1.36. The third-order valence-corrected chi connectivity index (χ3v) is 5.63. The van der Waals surface area contributed by atoms with Crippen LogP contribution in [-0.2, 0) is 20.7 Å². The maximum Gasteiger partial charge on any atom is 0.312 e. The molecule has 2 heterocycles. The quantitative estimate of drug-likeness (QED) is 0.341. The van der Waals surface area contributed by atoms with Crippen LogP contribution in [0.2, 0.25) is 0 Å². The zero-order valence-corrected chi connectivity index (χ0v) is 16.6. The molecule has 0 aliphatic heterocycles. The van der Waals surface area contributed by atoms with Crippen molar-refractivity contribution >= 4 is 45.9 Å². The van der Waals surface area contributed by atoms with Crippen LogP contribution in [0.5, 0.6) is 0 Å². The van der Waals surface area contributed by atoms with Gasteiger partial charge in [-0.05, 0) is 30.5 Å². The van der Waals surface area contributed by atoms with E-state index in [1.165, 1.54) is 24.3 Å². The van der Waals surface area contributed by atoms with Crippen molar-refractivity contribution in [3.05, 3.63) is 62.7 Å². The van der Waals surface area contributed by atoms with E-state index in [4.69, 9.17) is 4.74 Å². The molecule has 1 aromatic carbocycles. The normalized spacial score (nSPS) is 11.7. The van der Waals surface area contributed by atoms with E-state index < -0.39 is 34.4 Å². The van der Waals surface area contributed by atoms with Crippen LogP contribution < -0.4 is 5.32 Å². The molecule has 150 valence electrons. The van der Waals surface area contributed by atoms with Gasteiger partial charge >= 0.3 is 11.7 Å². The molecule has 0 saturated heterocycles. The summed E-state index contributed by atoms with van der Waals surface area (Å²) >= 11 is 2.95. The minimum atomic E-state index is -1.15. The van der Waals surface area contributed by atoms with Gasteiger partial charge in [0.2, 0.25) is 5.82 Å². The van der Waals surface area contributed by atoms with Gasteiger partial charge in [0.1, 0.15) is 5.01 Å². The van der Waals surface area contributed by atoms with E-state index >= 15 is 0 Å². The highest BCUT2D eigenvalue weighted by atomic mass is 32.1. The monoisotopic (exact) mass is 435 g/mol. The molecule has 1 atom stereocenters. The summed E-state index contributed by atoms with van der Waals surface area (Å²) in [6, 6.07) is 6.78. The van der Waals surface area contributed by atoms with E-state index in [1.54, 1.807) is 16.7 Å². The number of aromatic nitrogens is 1. The van der Waals surface area contributed by atoms with Crippen LogP contribution in [0.25, 0.3) is 9.88 Å². The lowest BCUT2D eigenvalue weighted by molar-refractivity contribution is -0.387. The Labute approximate surface area is 172 Å². The maximum atomic E-state index is 13.4. The molecule has 0 aliphatic carbocycles. The lowest BCUT2D eigenvalue weighted by atomic mass is 10.2. The smallest absolute Gasteiger partial charge is 0.312 e. The number of carbonyl (C=O) groups excluding carboxylic acids is 2. The molecule has 0 spiro atoms. The molecule has 0 radical (unpaired) electrons. The number of nitro groups is 1. The van der Waals surface area contributed by atoms with E-state index in [-0.39, 0.29) is 12.1 Å². The first-order valence-corrected chi connectivity index (χ1v) is 10.0. The van der Waals surface area contributed by atoms with Crippen molar-refractivity contribution in [2.45, 2.75) is 19.4 Å². The number of nitrogens with one attached hydrogen (secondary N) is 1. The summed E-state index contributed by atoms with van der Waals surface area (Å²) in [5.74, 6) is -2.35. The number of thiophene rings is 1. The number of hydrogen-bond donors (Lipinski definition) is 1. The molecule has 1 N–H and O–H groups in total. The Hall–Kier alpha value is -3.18. The number of rotatable bonds is 7. The van der Waals surface area contributed by atoms with Crippen molar-refractivity contribution in [2.24, 2.45) is 0 Å². The number of carbonyl (C=O) groups is 2. The standard InChI is InChI=1S/C18H14FN3O5S2/c1-10(17(24)20-11-4-5-13(19)14(7-11)22(25)26)27-16(23)8-12-9-29-18(21-12)15-3-2-6-28-15/h2-7,9-10H,8H2,1H3,(H,20,24). The number of benzene rings is 1. The number of amides is 1. The van der Waals surface area contributed by atoms with Crippen molar-refractivity contribution in [1.29, 1.82) is 0 Å². The highest BCUT2D eigenvalue weighted by molar-refractivity contribution is 7.20. The molecule has 0 bridgehead atoms. The Bertz CT molecular complexity index is 1050. The summed E-state index contributed by atoms with van der Waals surface area (Å²) in [4.78, 5) is 39.5. The van der Waals surface area contributed by atoms with Gasteiger partial charge in [0.15, 0.2) is 6.10 Å². The fourth-order valence-corrected chi connectivity index (χ4v) is 3.95. The van der Waals surface area contributed by atoms with Gasteiger partial charge in [0.25, 0.3) is 5.91 Å². The molecule has 3 rings (SSSR count). The topological polar surface area (TPSA) is 111 Å². The Balaban J connectivity index is 1.56. The van der Waals surface area contributed by atoms with Crippen molar-refractivity contribution in [3.8, 4) is 9.88 Å². The second-order valence-corrected chi connectivity index (χ2v) is 7.65. The number of thiazole rings is 1. The molecule has 0 fully saturated rings. The predicted molar refractivity (Wildman–Crippen MR) is 106 cm³/mol. The lowest BCUT2D eigenvalue weighted by Gasteiger charge is -2.13. The molecule has 11 heteroatoms. The average Bonchev–Trinajstić information content (AvgIpc) is 3.34. The number of hydrogen-bond acceptors (Lipinski definition) is 8. The number of ether oxygens (including phenoxy) is 1. The SMILES string of the molecule is CC(OC(=O)Cc1csc(-c2cccs2)n1)C(=O)Nc1ccc(F)c([N+](=O)[O-])c1. The highest BCUT2D eigenvalue weighted by Gasteiger charge is 2.21. The molecule has 29 heavy (non-hydrogen) atoms. The lowest BCUT2D eigenvalue weighted by Crippen LogP contribution is -2.30. The average molecular weight is 435 g/mol. The Kier molecular flexibility index (Phi) is 6.29. The van der Waals surface area contributed by atoms with Crippen LogP contribution in [-0.4, -0.2) is 27.9 Å². The van der Waals surface area contributed by atoms with Gasteiger partial charge in [-0.1, -0.05) is 6.07 Å². The number of anilines is 1. The third kappa shape index (κ3) is 5.21. The van der Waals surface area contributed by atoms with Gasteiger partial charge in [-0.25, -0.2) is 4.98 Å². The van der Waals surface area contributed by atoms with Gasteiger partial charge in [-0.15, -0.1) is 22.7 Å². The molecule has 0 aliphatic rings. The predicted octanol–water partition coefficient (Wildman–Crippen LogP) is 4.03. The van der Waals surface area contributed by atoms with Crippen LogP contribution in [0.4, 0.5) is 15.8 Å². The van der Waals surface area contributed by atoms with Crippen molar-refractivity contribution in [3.63, 3.8) is 0 Å². The van der Waals surface area contributed by atoms with Crippen molar-refractivity contribution in [2.75, 3.05) is 5.32 Å². The molecular formula is C18H14FN3O5S2. The van der Waals surface area contributed by atoms with Gasteiger partial charge < -0.3 is 10.1 Å². The number of esters is 1. The first-order chi connectivity index (χ1) is 13.8. The van der Waals surface area contributed by atoms with Crippen LogP contribution in [0, 0.1) is 15.9 Å². The van der Waals surface area contributed by atoms with Crippen molar-refractivity contribution in [1.82, 2.24) is 4.98 Å². The van der Waals surface area contributed by atoms with Crippen LogP contribution in [0.1, 0.15) is 12.6 Å². The molecule has 3 aromatic rings. The first kappa shape index (κ1) is 20.6. The van der Waals surface area contributed by atoms with E-state index in [2.05, 4.69) is 10.3 Å². The first-order valence-electron chi connectivity index (χ1n) is 8.26. The highest BCUT2D eigenvalue weighted by Crippen LogP contribution is 2.28. The summed E-state index contributed by atoms with van der Waals surface area (Å²) in [5, 5.41) is 17.6. The molecule has 2 aromatic heterocycles. The van der Waals surface area contributed by atoms with E-state index in [0.29, 0.717) is 5.69 Å². The summed E-state index contributed by atoms with van der Waals surface area (Å²) in [7, 11) is 0. The van der Waals surface area contributed by atoms with Gasteiger partial charge in [-0.3, -0.25) is 19.7 Å². The van der Waals surface area contributed by atoms with Crippen LogP contribution in [0.3, 0.4) is 0 Å². The molecule has 1 amide bonds. The summed E-state index contributed by atoms with van der Waals surface area (Å²) < 4.78 is 18.5.